The fraction of sp³-hybridized carbons (Fsp3) is 0.889. The zero-order valence-corrected chi connectivity index (χ0v) is 19.2. The highest BCUT2D eigenvalue weighted by Gasteiger charge is 2.34. The molecule has 2 N–H and O–H groups in total. The van der Waals surface area contributed by atoms with Gasteiger partial charge in [0.1, 0.15) is 5.60 Å². The number of aliphatic imine (C=N–C) groups is 1. The maximum Gasteiger partial charge on any atom is 0.410 e. The van der Waals surface area contributed by atoms with Gasteiger partial charge in [-0.1, -0.05) is 6.92 Å². The van der Waals surface area contributed by atoms with E-state index in [9.17, 15) is 4.79 Å². The number of rotatable bonds is 5. The van der Waals surface area contributed by atoms with Crippen molar-refractivity contribution < 1.29 is 9.53 Å². The van der Waals surface area contributed by atoms with E-state index in [1.54, 1.807) is 11.9 Å². The van der Waals surface area contributed by atoms with Gasteiger partial charge >= 0.3 is 6.09 Å². The predicted octanol–water partition coefficient (Wildman–Crippen LogP) is 2.12. The lowest BCUT2D eigenvalue weighted by molar-refractivity contribution is 0.00701. The van der Waals surface area contributed by atoms with Crippen molar-refractivity contribution in [2.75, 3.05) is 46.3 Å². The number of nitrogens with zero attached hydrogens (tertiary/aromatic N) is 3. The molecule has 2 rings (SSSR count). The molecule has 0 aromatic heterocycles. The van der Waals surface area contributed by atoms with Crippen molar-refractivity contribution in [1.82, 2.24) is 20.4 Å². The highest BCUT2D eigenvalue weighted by atomic mass is 127. The van der Waals surface area contributed by atoms with Crippen molar-refractivity contribution in [3.05, 3.63) is 0 Å². The Labute approximate surface area is 175 Å². The number of amides is 1. The second-order valence-corrected chi connectivity index (χ2v) is 8.14. The first kappa shape index (κ1) is 23.3. The maximum atomic E-state index is 12.0. The number of hydrogen-bond donors (Lipinski definition) is 2. The lowest BCUT2D eigenvalue weighted by Crippen LogP contribution is -2.63. The van der Waals surface area contributed by atoms with Gasteiger partial charge in [-0.05, 0) is 52.6 Å². The summed E-state index contributed by atoms with van der Waals surface area (Å²) in [6, 6.07) is 0.235. The molecule has 26 heavy (non-hydrogen) atoms. The molecule has 0 spiro atoms. The molecule has 2 fully saturated rings. The van der Waals surface area contributed by atoms with E-state index in [0.717, 1.165) is 12.5 Å². The molecule has 7 nitrogen and oxygen atoms in total. The van der Waals surface area contributed by atoms with Crippen LogP contribution in [0.5, 0.6) is 0 Å². The zero-order valence-electron chi connectivity index (χ0n) is 16.9. The fourth-order valence-corrected chi connectivity index (χ4v) is 3.27. The third-order valence-electron chi connectivity index (χ3n) is 4.57. The van der Waals surface area contributed by atoms with Crippen LogP contribution in [0.3, 0.4) is 0 Å². The van der Waals surface area contributed by atoms with Crippen molar-refractivity contribution >= 4 is 36.0 Å². The molecule has 0 radical (unpaired) electrons. The number of carbonyl (C=O) groups excluding carboxylic acids is 1. The number of halogens is 1. The number of carbonyl (C=O) groups is 1. The summed E-state index contributed by atoms with van der Waals surface area (Å²) >= 11 is 0. The van der Waals surface area contributed by atoms with Crippen LogP contribution < -0.4 is 10.6 Å². The number of nitrogens with one attached hydrogen (secondary N) is 2. The highest BCUT2D eigenvalue weighted by molar-refractivity contribution is 14.0. The number of likely N-dealkylation sites (tertiary alicyclic amines) is 2. The van der Waals surface area contributed by atoms with E-state index in [1.807, 2.05) is 20.8 Å². The minimum absolute atomic E-state index is 0. The summed E-state index contributed by atoms with van der Waals surface area (Å²) in [4.78, 5) is 20.5. The average Bonchev–Trinajstić information content (AvgIpc) is 2.91. The minimum atomic E-state index is -0.444. The topological polar surface area (TPSA) is 69.2 Å². The van der Waals surface area contributed by atoms with Crippen molar-refractivity contribution in [3.63, 3.8) is 0 Å². The maximum absolute atomic E-state index is 12.0. The van der Waals surface area contributed by atoms with Gasteiger partial charge in [-0.3, -0.25) is 4.99 Å². The third kappa shape index (κ3) is 7.46. The van der Waals surface area contributed by atoms with Crippen LogP contribution in [0.1, 0.15) is 40.5 Å². The van der Waals surface area contributed by atoms with Crippen LogP contribution in [-0.4, -0.2) is 79.8 Å². The standard InChI is InChI=1S/C18H35N5O2.HI/c1-6-8-22-9-7-14(11-22)10-20-16(19-5)21-15-12-23(13-15)17(24)25-18(2,3)4;/h14-15H,6-13H2,1-5H3,(H2,19,20,21);1H. The first-order chi connectivity index (χ1) is 11.8. The summed E-state index contributed by atoms with van der Waals surface area (Å²) in [6.07, 6.45) is 2.23. The molecule has 0 aromatic rings. The Morgan fingerprint density at radius 3 is 2.54 bits per heavy atom. The van der Waals surface area contributed by atoms with Crippen molar-refractivity contribution in [2.45, 2.75) is 52.2 Å². The monoisotopic (exact) mass is 481 g/mol. The molecule has 2 aliphatic rings. The van der Waals surface area contributed by atoms with Gasteiger partial charge < -0.3 is 25.2 Å². The quantitative estimate of drug-likeness (QED) is 0.358. The highest BCUT2D eigenvalue weighted by Crippen LogP contribution is 2.16. The Morgan fingerprint density at radius 2 is 1.96 bits per heavy atom. The van der Waals surface area contributed by atoms with Crippen LogP contribution in [0.15, 0.2) is 4.99 Å². The average molecular weight is 481 g/mol. The van der Waals surface area contributed by atoms with Crippen LogP contribution in [0.25, 0.3) is 0 Å². The summed E-state index contributed by atoms with van der Waals surface area (Å²) < 4.78 is 5.37. The molecule has 152 valence electrons. The fourth-order valence-electron chi connectivity index (χ4n) is 3.27. The molecule has 2 aliphatic heterocycles. The molecular weight excluding hydrogens is 445 g/mol. The number of hydrogen-bond acceptors (Lipinski definition) is 4. The Hall–Kier alpha value is -0.770. The lowest BCUT2D eigenvalue weighted by atomic mass is 10.1. The van der Waals surface area contributed by atoms with Gasteiger partial charge in [-0.25, -0.2) is 4.79 Å². The first-order valence-electron chi connectivity index (χ1n) is 9.48. The van der Waals surface area contributed by atoms with Gasteiger partial charge in [0.25, 0.3) is 0 Å². The van der Waals surface area contributed by atoms with Gasteiger partial charge in [0.05, 0.1) is 6.04 Å². The van der Waals surface area contributed by atoms with Gasteiger partial charge in [0, 0.05) is 33.2 Å². The van der Waals surface area contributed by atoms with Crippen LogP contribution in [0.4, 0.5) is 4.79 Å². The van der Waals surface area contributed by atoms with Crippen LogP contribution in [0, 0.1) is 5.92 Å². The van der Waals surface area contributed by atoms with Crippen LogP contribution in [-0.2, 0) is 4.74 Å². The molecule has 0 bridgehead atoms. The molecule has 2 saturated heterocycles. The summed E-state index contributed by atoms with van der Waals surface area (Å²) in [5, 5.41) is 6.82. The summed E-state index contributed by atoms with van der Waals surface area (Å²) in [5.74, 6) is 1.51. The second-order valence-electron chi connectivity index (χ2n) is 8.14. The first-order valence-corrected chi connectivity index (χ1v) is 9.48. The second kappa shape index (κ2) is 10.5. The molecule has 8 heteroatoms. The molecule has 1 amide bonds. The van der Waals surface area contributed by atoms with Crippen molar-refractivity contribution in [3.8, 4) is 0 Å². The molecule has 0 aliphatic carbocycles. The van der Waals surface area contributed by atoms with E-state index in [4.69, 9.17) is 4.74 Å². The summed E-state index contributed by atoms with van der Waals surface area (Å²) in [7, 11) is 1.79. The minimum Gasteiger partial charge on any atom is -0.444 e. The van der Waals surface area contributed by atoms with E-state index < -0.39 is 5.60 Å². The Balaban J connectivity index is 0.00000338. The van der Waals surface area contributed by atoms with Gasteiger partial charge in [0.2, 0.25) is 0 Å². The van der Waals surface area contributed by atoms with Crippen LogP contribution in [0.2, 0.25) is 0 Å². The molecule has 0 saturated carbocycles. The Morgan fingerprint density at radius 1 is 1.27 bits per heavy atom. The molecule has 1 unspecified atom stereocenters. The number of guanidine groups is 1. The largest absolute Gasteiger partial charge is 0.444 e. The smallest absolute Gasteiger partial charge is 0.410 e. The van der Waals surface area contributed by atoms with Gasteiger partial charge in [-0.15, -0.1) is 24.0 Å². The number of ether oxygens (including phenoxy) is 1. The predicted molar refractivity (Wildman–Crippen MR) is 116 cm³/mol. The summed E-state index contributed by atoms with van der Waals surface area (Å²) in [5.41, 5.74) is -0.444. The van der Waals surface area contributed by atoms with E-state index in [-0.39, 0.29) is 36.1 Å². The molecule has 2 heterocycles. The lowest BCUT2D eigenvalue weighted by Gasteiger charge is -2.40. The normalized spacial score (nSPS) is 21.8. The van der Waals surface area contributed by atoms with E-state index in [0.29, 0.717) is 19.0 Å². The van der Waals surface area contributed by atoms with E-state index in [2.05, 4.69) is 27.4 Å². The van der Waals surface area contributed by atoms with Crippen molar-refractivity contribution in [1.29, 1.82) is 0 Å². The third-order valence-corrected chi connectivity index (χ3v) is 4.57. The molecule has 1 atom stereocenters. The van der Waals surface area contributed by atoms with Crippen LogP contribution >= 0.6 is 24.0 Å². The van der Waals surface area contributed by atoms with E-state index in [1.165, 1.54) is 32.5 Å². The SMILES string of the molecule is CCCN1CCC(CNC(=NC)NC2CN(C(=O)OC(C)(C)C)C2)C1.I. The van der Waals surface area contributed by atoms with E-state index >= 15 is 0 Å². The van der Waals surface area contributed by atoms with Gasteiger partial charge in [0.15, 0.2) is 5.96 Å². The van der Waals surface area contributed by atoms with Gasteiger partial charge in [-0.2, -0.15) is 0 Å². The Bertz CT molecular complexity index is 475. The molecular formula is C18H36IN5O2. The Kier molecular flexibility index (Phi) is 9.43. The molecule has 0 aromatic carbocycles. The summed E-state index contributed by atoms with van der Waals surface area (Å²) in [6.45, 7) is 13.7. The van der Waals surface area contributed by atoms with Crippen molar-refractivity contribution in [2.24, 2.45) is 10.9 Å². The zero-order chi connectivity index (χ0) is 18.4.